The second kappa shape index (κ2) is 7.14. The first-order chi connectivity index (χ1) is 11.8. The number of hydrogen-bond acceptors (Lipinski definition) is 3. The summed E-state index contributed by atoms with van der Waals surface area (Å²) in [5, 5.41) is 0. The molecule has 1 saturated carbocycles. The zero-order valence-corrected chi connectivity index (χ0v) is 14.6. The van der Waals surface area contributed by atoms with Gasteiger partial charge < -0.3 is 9.80 Å². The van der Waals surface area contributed by atoms with Crippen LogP contribution in [0.25, 0.3) is 0 Å². The molecule has 2 saturated heterocycles. The van der Waals surface area contributed by atoms with Gasteiger partial charge in [0.1, 0.15) is 0 Å². The fourth-order valence-corrected chi connectivity index (χ4v) is 4.35. The average molecular weight is 327 g/mol. The van der Waals surface area contributed by atoms with E-state index in [1.807, 2.05) is 0 Å². The molecule has 4 nitrogen and oxygen atoms in total. The lowest BCUT2D eigenvalue weighted by molar-refractivity contribution is -0.138. The molecule has 0 spiro atoms. The fourth-order valence-electron chi connectivity index (χ4n) is 4.35. The lowest BCUT2D eigenvalue weighted by Gasteiger charge is -2.31. The van der Waals surface area contributed by atoms with Crippen LogP contribution in [0.5, 0.6) is 0 Å². The molecule has 3 aliphatic rings. The van der Waals surface area contributed by atoms with Crippen molar-refractivity contribution >= 4 is 11.6 Å². The lowest BCUT2D eigenvalue weighted by Crippen LogP contribution is -2.43. The van der Waals surface area contributed by atoms with Gasteiger partial charge in [-0.25, -0.2) is 0 Å². The smallest absolute Gasteiger partial charge is 0.225 e. The number of carbonyl (C=O) groups is 1. The highest BCUT2D eigenvalue weighted by atomic mass is 16.2. The molecule has 1 atom stereocenters. The summed E-state index contributed by atoms with van der Waals surface area (Å²) in [6.07, 6.45) is 5.85. The van der Waals surface area contributed by atoms with Gasteiger partial charge in [-0.3, -0.25) is 9.69 Å². The Morgan fingerprint density at radius 2 is 1.71 bits per heavy atom. The normalized spacial score (nSPS) is 26.2. The highest BCUT2D eigenvalue weighted by Crippen LogP contribution is 2.29. The molecule has 1 aliphatic carbocycles. The summed E-state index contributed by atoms with van der Waals surface area (Å²) < 4.78 is 0. The molecule has 2 heterocycles. The standard InChI is InChI=1S/C20H29N3O/c24-20(17-6-4-7-17)22-12-5-11-21(14-15-22)19-10-13-23(16-19)18-8-2-1-3-9-18/h1-3,8-9,17,19H,4-7,10-16H2. The minimum absolute atomic E-state index is 0.344. The maximum Gasteiger partial charge on any atom is 0.225 e. The van der Waals surface area contributed by atoms with Crippen molar-refractivity contribution in [1.82, 2.24) is 9.80 Å². The van der Waals surface area contributed by atoms with E-state index in [1.54, 1.807) is 0 Å². The second-order valence-electron chi connectivity index (χ2n) is 7.57. The first-order valence-corrected chi connectivity index (χ1v) is 9.64. The van der Waals surface area contributed by atoms with Crippen molar-refractivity contribution < 1.29 is 4.79 Å². The van der Waals surface area contributed by atoms with Crippen molar-refractivity contribution in [3.8, 4) is 0 Å². The van der Waals surface area contributed by atoms with Crippen molar-refractivity contribution in [1.29, 1.82) is 0 Å². The van der Waals surface area contributed by atoms with Crippen LogP contribution in [0.2, 0.25) is 0 Å². The molecule has 130 valence electrons. The molecular formula is C20H29N3O. The quantitative estimate of drug-likeness (QED) is 0.854. The Morgan fingerprint density at radius 3 is 2.46 bits per heavy atom. The van der Waals surface area contributed by atoms with Crippen molar-refractivity contribution in [2.45, 2.75) is 38.1 Å². The lowest BCUT2D eigenvalue weighted by atomic mass is 9.84. The molecule has 0 aromatic heterocycles. The SMILES string of the molecule is O=C(C1CCC1)N1CCCN(C2CCN(c3ccccc3)C2)CC1. The Bertz CT molecular complexity index is 557. The van der Waals surface area contributed by atoms with Crippen LogP contribution in [0.3, 0.4) is 0 Å². The molecule has 24 heavy (non-hydrogen) atoms. The number of nitrogens with zero attached hydrogens (tertiary/aromatic N) is 3. The van der Waals surface area contributed by atoms with E-state index in [-0.39, 0.29) is 0 Å². The third kappa shape index (κ3) is 3.30. The molecule has 0 N–H and O–H groups in total. The van der Waals surface area contributed by atoms with Gasteiger partial charge in [-0.1, -0.05) is 24.6 Å². The van der Waals surface area contributed by atoms with Gasteiger partial charge in [0.15, 0.2) is 0 Å². The van der Waals surface area contributed by atoms with E-state index in [0.29, 0.717) is 17.9 Å². The summed E-state index contributed by atoms with van der Waals surface area (Å²) in [5.41, 5.74) is 1.34. The minimum atomic E-state index is 0.344. The van der Waals surface area contributed by atoms with Gasteiger partial charge in [-0.15, -0.1) is 0 Å². The summed E-state index contributed by atoms with van der Waals surface area (Å²) in [6.45, 7) is 6.35. The van der Waals surface area contributed by atoms with Crippen molar-refractivity contribution in [3.63, 3.8) is 0 Å². The van der Waals surface area contributed by atoms with Gasteiger partial charge in [0.05, 0.1) is 0 Å². The summed E-state index contributed by atoms with van der Waals surface area (Å²) in [5.74, 6) is 0.775. The fraction of sp³-hybridized carbons (Fsp3) is 0.650. The van der Waals surface area contributed by atoms with Crippen LogP contribution in [-0.2, 0) is 4.79 Å². The number of para-hydroxylation sites is 1. The Kier molecular flexibility index (Phi) is 4.74. The van der Waals surface area contributed by atoms with E-state index in [9.17, 15) is 4.79 Å². The highest BCUT2D eigenvalue weighted by Gasteiger charge is 2.33. The number of hydrogen-bond donors (Lipinski definition) is 0. The largest absolute Gasteiger partial charge is 0.370 e. The third-order valence-electron chi connectivity index (χ3n) is 6.10. The van der Waals surface area contributed by atoms with Gasteiger partial charge in [0, 0.05) is 56.9 Å². The molecule has 1 aromatic carbocycles. The molecule has 4 heteroatoms. The minimum Gasteiger partial charge on any atom is -0.370 e. The molecule has 1 aromatic rings. The van der Waals surface area contributed by atoms with Crippen LogP contribution in [0, 0.1) is 5.92 Å². The number of benzene rings is 1. The van der Waals surface area contributed by atoms with E-state index < -0.39 is 0 Å². The molecule has 1 unspecified atom stereocenters. The summed E-state index contributed by atoms with van der Waals surface area (Å²) in [4.78, 5) is 19.8. The first-order valence-electron chi connectivity index (χ1n) is 9.64. The molecule has 0 radical (unpaired) electrons. The van der Waals surface area contributed by atoms with Gasteiger partial charge in [0.25, 0.3) is 0 Å². The molecule has 2 aliphatic heterocycles. The predicted octanol–water partition coefficient (Wildman–Crippen LogP) is 2.60. The average Bonchev–Trinajstić information content (AvgIpc) is 2.92. The molecule has 4 rings (SSSR count). The second-order valence-corrected chi connectivity index (χ2v) is 7.57. The van der Waals surface area contributed by atoms with Gasteiger partial charge >= 0.3 is 0 Å². The number of anilines is 1. The summed E-state index contributed by atoms with van der Waals surface area (Å²) in [7, 11) is 0. The van der Waals surface area contributed by atoms with Gasteiger partial charge in [-0.2, -0.15) is 0 Å². The maximum absolute atomic E-state index is 12.5. The zero-order chi connectivity index (χ0) is 16.4. The van der Waals surface area contributed by atoms with Crippen LogP contribution < -0.4 is 4.90 Å². The van der Waals surface area contributed by atoms with E-state index in [2.05, 4.69) is 45.0 Å². The van der Waals surface area contributed by atoms with Crippen molar-refractivity contribution in [2.24, 2.45) is 5.92 Å². The maximum atomic E-state index is 12.5. The molecule has 1 amide bonds. The van der Waals surface area contributed by atoms with Crippen LogP contribution in [0.1, 0.15) is 32.1 Å². The van der Waals surface area contributed by atoms with Crippen molar-refractivity contribution in [2.75, 3.05) is 44.2 Å². The van der Waals surface area contributed by atoms with Crippen LogP contribution in [-0.4, -0.2) is 61.0 Å². The number of amides is 1. The van der Waals surface area contributed by atoms with Crippen LogP contribution in [0.15, 0.2) is 30.3 Å². The van der Waals surface area contributed by atoms with E-state index in [0.717, 1.165) is 58.5 Å². The van der Waals surface area contributed by atoms with Crippen LogP contribution in [0.4, 0.5) is 5.69 Å². The third-order valence-corrected chi connectivity index (χ3v) is 6.10. The Balaban J connectivity index is 1.32. The molecular weight excluding hydrogens is 298 g/mol. The monoisotopic (exact) mass is 327 g/mol. The zero-order valence-electron chi connectivity index (χ0n) is 14.6. The Hall–Kier alpha value is -1.55. The summed E-state index contributed by atoms with van der Waals surface area (Å²) in [6, 6.07) is 11.4. The molecule has 0 bridgehead atoms. The van der Waals surface area contributed by atoms with Crippen LogP contribution >= 0.6 is 0 Å². The topological polar surface area (TPSA) is 26.8 Å². The van der Waals surface area contributed by atoms with E-state index in [1.165, 1.54) is 18.5 Å². The highest BCUT2D eigenvalue weighted by molar-refractivity contribution is 5.79. The van der Waals surface area contributed by atoms with Gasteiger partial charge in [0.2, 0.25) is 5.91 Å². The van der Waals surface area contributed by atoms with Gasteiger partial charge in [-0.05, 0) is 37.8 Å². The number of carbonyl (C=O) groups excluding carboxylic acids is 1. The summed E-state index contributed by atoms with van der Waals surface area (Å²) >= 11 is 0. The predicted molar refractivity (Wildman–Crippen MR) is 97.2 cm³/mol. The first kappa shape index (κ1) is 15.9. The molecule has 3 fully saturated rings. The van der Waals surface area contributed by atoms with E-state index in [4.69, 9.17) is 0 Å². The Labute approximate surface area is 145 Å². The Morgan fingerprint density at radius 1 is 0.875 bits per heavy atom. The van der Waals surface area contributed by atoms with E-state index >= 15 is 0 Å². The van der Waals surface area contributed by atoms with Crippen molar-refractivity contribution in [3.05, 3.63) is 30.3 Å². The number of rotatable bonds is 3.